The number of hydrogen-bond donors (Lipinski definition) is 3. The molecule has 1 aliphatic carbocycles. The molecule has 5 rings (SSSR count). The normalized spacial score (nSPS) is 21.4. The van der Waals surface area contributed by atoms with Crippen LogP contribution in [0, 0.1) is 0 Å². The molecule has 13 heteroatoms. The number of halogens is 3. The first kappa shape index (κ1) is 28.7. The van der Waals surface area contributed by atoms with Crippen LogP contribution in [0.2, 0.25) is 0 Å². The average Bonchev–Trinajstić information content (AvgIpc) is 3.43. The summed E-state index contributed by atoms with van der Waals surface area (Å²) in [6, 6.07) is 7.78. The van der Waals surface area contributed by atoms with E-state index < -0.39 is 18.0 Å². The number of oxazole rings is 1. The molecule has 1 aromatic carbocycles. The Morgan fingerprint density at radius 2 is 1.85 bits per heavy atom. The van der Waals surface area contributed by atoms with Gasteiger partial charge in [0.2, 0.25) is 0 Å². The first-order valence-corrected chi connectivity index (χ1v) is 14.0. The number of nitrogens with one attached hydrogen (secondary N) is 3. The van der Waals surface area contributed by atoms with E-state index in [1.165, 1.54) is 6.20 Å². The number of carbonyl (C=O) groups excluding carboxylic acids is 1. The Bertz CT molecular complexity index is 1300. The van der Waals surface area contributed by atoms with E-state index in [9.17, 15) is 18.0 Å². The van der Waals surface area contributed by atoms with E-state index in [4.69, 9.17) is 9.15 Å². The first-order chi connectivity index (χ1) is 19.8. The van der Waals surface area contributed by atoms with Crippen LogP contribution in [-0.4, -0.2) is 52.4 Å². The van der Waals surface area contributed by atoms with E-state index in [1.54, 1.807) is 25.3 Å². The lowest BCUT2D eigenvalue weighted by Gasteiger charge is -2.42. The molecule has 3 heterocycles. The molecule has 1 saturated heterocycles. The molecule has 1 saturated carbocycles. The Morgan fingerprint density at radius 3 is 2.61 bits per heavy atom. The largest absolute Gasteiger partial charge is 0.450 e. The van der Waals surface area contributed by atoms with Gasteiger partial charge in [0.05, 0.1) is 31.4 Å². The van der Waals surface area contributed by atoms with E-state index in [0.717, 1.165) is 56.7 Å². The quantitative estimate of drug-likeness (QED) is 0.296. The molecule has 0 radical (unpaired) electrons. The standard InChI is InChI=1S/C28H34F3N7O3/c1-2-40-27(39)35-19-9-7-8-18(14-19)22-15-34-26(41-22)37-21-11-4-3-10-20(21)36-24-12-5-6-13-38(24)25-17-32-23(16-33-25)28(29,30)31/h7-9,14-17,20-21,24,36H,2-6,10-13H2,1H3,(H,34,37)(H,35,39)/t20-,21-,24+/m1/s1. The maximum absolute atomic E-state index is 13.0. The van der Waals surface area contributed by atoms with Gasteiger partial charge in [0.1, 0.15) is 5.82 Å². The van der Waals surface area contributed by atoms with E-state index in [1.807, 2.05) is 17.0 Å². The molecule has 220 valence electrons. The molecular weight excluding hydrogens is 539 g/mol. The van der Waals surface area contributed by atoms with Crippen LogP contribution in [0.3, 0.4) is 0 Å². The third-order valence-electron chi connectivity index (χ3n) is 7.38. The summed E-state index contributed by atoms with van der Waals surface area (Å²) in [5, 5.41) is 9.88. The smallest absolute Gasteiger partial charge is 0.434 e. The molecule has 3 aromatic rings. The van der Waals surface area contributed by atoms with Gasteiger partial charge in [-0.2, -0.15) is 13.2 Å². The highest BCUT2D eigenvalue weighted by Gasteiger charge is 2.35. The van der Waals surface area contributed by atoms with Crippen molar-refractivity contribution in [1.82, 2.24) is 20.3 Å². The second-order valence-electron chi connectivity index (χ2n) is 10.2. The van der Waals surface area contributed by atoms with Gasteiger partial charge < -0.3 is 19.4 Å². The van der Waals surface area contributed by atoms with Crippen LogP contribution in [0.5, 0.6) is 0 Å². The summed E-state index contributed by atoms with van der Waals surface area (Å²) >= 11 is 0. The van der Waals surface area contributed by atoms with Crippen molar-refractivity contribution < 1.29 is 27.1 Å². The van der Waals surface area contributed by atoms with E-state index in [0.29, 0.717) is 29.8 Å². The number of hydrogen-bond acceptors (Lipinski definition) is 9. The fourth-order valence-corrected chi connectivity index (χ4v) is 5.41. The van der Waals surface area contributed by atoms with Crippen LogP contribution in [0.15, 0.2) is 47.3 Å². The summed E-state index contributed by atoms with van der Waals surface area (Å²) in [5.41, 5.74) is 0.346. The van der Waals surface area contributed by atoms with Crippen LogP contribution in [0.1, 0.15) is 57.6 Å². The van der Waals surface area contributed by atoms with E-state index >= 15 is 0 Å². The highest BCUT2D eigenvalue weighted by molar-refractivity contribution is 5.85. The van der Waals surface area contributed by atoms with Gasteiger partial charge in [0.25, 0.3) is 6.01 Å². The van der Waals surface area contributed by atoms with Crippen molar-refractivity contribution in [3.63, 3.8) is 0 Å². The lowest BCUT2D eigenvalue weighted by Crippen LogP contribution is -2.57. The van der Waals surface area contributed by atoms with E-state index in [2.05, 4.69) is 30.9 Å². The molecule has 3 N–H and O–H groups in total. The Hall–Kier alpha value is -3.87. The van der Waals surface area contributed by atoms with Gasteiger partial charge in [-0.15, -0.1) is 0 Å². The molecule has 0 spiro atoms. The average molecular weight is 574 g/mol. The summed E-state index contributed by atoms with van der Waals surface area (Å²) < 4.78 is 49.9. The Morgan fingerprint density at radius 1 is 1.05 bits per heavy atom. The molecular formula is C28H34F3N7O3. The molecule has 2 aromatic heterocycles. The number of nitrogens with zero attached hydrogens (tertiary/aromatic N) is 4. The monoisotopic (exact) mass is 573 g/mol. The first-order valence-electron chi connectivity index (χ1n) is 14.0. The minimum Gasteiger partial charge on any atom is -0.450 e. The summed E-state index contributed by atoms with van der Waals surface area (Å²) in [6.07, 6.45) is 5.32. The molecule has 0 unspecified atom stereocenters. The number of carbonyl (C=O) groups is 1. The van der Waals surface area contributed by atoms with Gasteiger partial charge in [-0.05, 0) is 51.2 Å². The van der Waals surface area contributed by atoms with E-state index in [-0.39, 0.29) is 24.9 Å². The van der Waals surface area contributed by atoms with Crippen LogP contribution in [0.25, 0.3) is 11.3 Å². The van der Waals surface area contributed by atoms with Crippen molar-refractivity contribution in [2.24, 2.45) is 0 Å². The maximum Gasteiger partial charge on any atom is 0.434 e. The maximum atomic E-state index is 13.0. The van der Waals surface area contributed by atoms with Crippen LogP contribution in [-0.2, 0) is 10.9 Å². The summed E-state index contributed by atoms with van der Waals surface area (Å²) in [4.78, 5) is 25.9. The number of benzene rings is 1. The molecule has 2 fully saturated rings. The van der Waals surface area contributed by atoms with Crippen molar-refractivity contribution >= 4 is 23.6 Å². The molecule has 1 aliphatic heterocycles. The zero-order valence-electron chi connectivity index (χ0n) is 22.8. The second kappa shape index (κ2) is 12.8. The highest BCUT2D eigenvalue weighted by atomic mass is 19.4. The lowest BCUT2D eigenvalue weighted by molar-refractivity contribution is -0.141. The van der Waals surface area contributed by atoms with Crippen LogP contribution < -0.4 is 20.9 Å². The summed E-state index contributed by atoms with van der Waals surface area (Å²) in [6.45, 7) is 2.71. The number of amides is 1. The molecule has 0 bridgehead atoms. The van der Waals surface area contributed by atoms with Crippen molar-refractivity contribution in [3.8, 4) is 11.3 Å². The number of rotatable bonds is 8. The number of alkyl halides is 3. The fraction of sp³-hybridized carbons (Fsp3) is 0.500. The topological polar surface area (TPSA) is 117 Å². The molecule has 2 aliphatic rings. The van der Waals surface area contributed by atoms with Gasteiger partial charge in [-0.1, -0.05) is 25.0 Å². The predicted molar refractivity (Wildman–Crippen MR) is 147 cm³/mol. The zero-order valence-corrected chi connectivity index (χ0v) is 22.8. The van der Waals surface area contributed by atoms with Gasteiger partial charge in [-0.25, -0.2) is 19.7 Å². The summed E-state index contributed by atoms with van der Waals surface area (Å²) in [7, 11) is 0. The van der Waals surface area contributed by atoms with Crippen LogP contribution >= 0.6 is 0 Å². The van der Waals surface area contributed by atoms with Crippen molar-refractivity contribution in [2.75, 3.05) is 28.7 Å². The van der Waals surface area contributed by atoms with Gasteiger partial charge >= 0.3 is 12.3 Å². The third-order valence-corrected chi connectivity index (χ3v) is 7.38. The number of ether oxygens (including phenoxy) is 1. The minimum absolute atomic E-state index is 0.0505. The summed E-state index contributed by atoms with van der Waals surface area (Å²) in [5.74, 6) is 0.993. The Balaban J connectivity index is 1.25. The molecule has 10 nitrogen and oxygen atoms in total. The Labute approximate surface area is 236 Å². The lowest BCUT2D eigenvalue weighted by atomic mass is 9.89. The second-order valence-corrected chi connectivity index (χ2v) is 10.2. The number of piperidine rings is 1. The SMILES string of the molecule is CCOC(=O)Nc1cccc(-c2cnc(N[C@@H]3CCCC[C@H]3N[C@@H]3CCCCN3c3cnc(C(F)(F)F)cn3)o2)c1. The Kier molecular flexibility index (Phi) is 8.91. The van der Waals surface area contributed by atoms with Crippen molar-refractivity contribution in [3.05, 3.63) is 48.5 Å². The van der Waals surface area contributed by atoms with Gasteiger partial charge in [0, 0.05) is 29.9 Å². The van der Waals surface area contributed by atoms with Crippen LogP contribution in [0.4, 0.5) is 35.5 Å². The molecule has 41 heavy (non-hydrogen) atoms. The molecule has 3 atom stereocenters. The van der Waals surface area contributed by atoms with Crippen molar-refractivity contribution in [1.29, 1.82) is 0 Å². The van der Waals surface area contributed by atoms with Crippen molar-refractivity contribution in [2.45, 2.75) is 76.3 Å². The number of anilines is 3. The third kappa shape index (κ3) is 7.26. The zero-order chi connectivity index (χ0) is 28.8. The minimum atomic E-state index is -4.52. The predicted octanol–water partition coefficient (Wildman–Crippen LogP) is 6.05. The molecule has 1 amide bonds. The fourth-order valence-electron chi connectivity index (χ4n) is 5.41. The number of aromatic nitrogens is 3. The highest BCUT2D eigenvalue weighted by Crippen LogP contribution is 2.31. The van der Waals surface area contributed by atoms with Gasteiger partial charge in [0.15, 0.2) is 11.5 Å². The van der Waals surface area contributed by atoms with Gasteiger partial charge in [-0.3, -0.25) is 10.6 Å².